The summed E-state index contributed by atoms with van der Waals surface area (Å²) >= 11 is 0. The third-order valence-corrected chi connectivity index (χ3v) is 10.4. The number of nitrogens with zero attached hydrogens (tertiary/aromatic N) is 5. The van der Waals surface area contributed by atoms with Gasteiger partial charge in [0.1, 0.15) is 12.0 Å². The first-order valence-corrected chi connectivity index (χ1v) is 19.9. The van der Waals surface area contributed by atoms with Crippen molar-refractivity contribution in [2.75, 3.05) is 31.6 Å². The van der Waals surface area contributed by atoms with Gasteiger partial charge in [0.05, 0.1) is 17.7 Å². The Kier molecular flexibility index (Phi) is 22.6. The lowest BCUT2D eigenvalue weighted by Crippen LogP contribution is -2.43. The van der Waals surface area contributed by atoms with Gasteiger partial charge in [0, 0.05) is 37.5 Å². The van der Waals surface area contributed by atoms with Crippen LogP contribution in [0.4, 0.5) is 10.2 Å². The van der Waals surface area contributed by atoms with Crippen LogP contribution in [0.15, 0.2) is 49.7 Å². The van der Waals surface area contributed by atoms with E-state index in [1.54, 1.807) is 19.1 Å². The number of rotatable bonds is 9. The monoisotopic (exact) mass is 711 g/mol. The molecule has 2 N–H and O–H groups in total. The Bertz CT molecular complexity index is 1290. The summed E-state index contributed by atoms with van der Waals surface area (Å²) in [5, 5.41) is 4.75. The first-order valence-electron chi connectivity index (χ1n) is 19.9. The Morgan fingerprint density at radius 2 is 1.59 bits per heavy atom. The molecule has 0 aromatic carbocycles. The number of carbonyl (C=O) groups excluding carboxylic acids is 1. The van der Waals surface area contributed by atoms with Crippen molar-refractivity contribution in [3.05, 3.63) is 61.0 Å². The molecule has 51 heavy (non-hydrogen) atoms. The van der Waals surface area contributed by atoms with Crippen LogP contribution >= 0.6 is 0 Å². The van der Waals surface area contributed by atoms with Crippen LogP contribution in [0.25, 0.3) is 5.65 Å². The summed E-state index contributed by atoms with van der Waals surface area (Å²) in [5.74, 6) is 3.05. The second kappa shape index (κ2) is 25.1. The maximum absolute atomic E-state index is 13.8. The number of alkyl halides is 1. The van der Waals surface area contributed by atoms with Crippen molar-refractivity contribution in [2.24, 2.45) is 29.4 Å². The van der Waals surface area contributed by atoms with Gasteiger partial charge in [0.25, 0.3) is 0 Å². The predicted molar refractivity (Wildman–Crippen MR) is 218 cm³/mol. The zero-order chi connectivity index (χ0) is 38.5. The molecule has 4 heterocycles. The van der Waals surface area contributed by atoms with Gasteiger partial charge in [-0.2, -0.15) is 5.10 Å². The highest BCUT2D eigenvalue weighted by molar-refractivity contribution is 5.79. The minimum atomic E-state index is -1.15. The van der Waals surface area contributed by atoms with E-state index in [4.69, 9.17) is 10.1 Å². The molecule has 2 saturated heterocycles. The fourth-order valence-corrected chi connectivity index (χ4v) is 7.38. The average molecular weight is 711 g/mol. The molecule has 0 spiro atoms. The number of aromatic nitrogens is 3. The molecule has 1 saturated carbocycles. The topological polar surface area (TPSA) is 79.8 Å². The number of hydrogen-bond acceptors (Lipinski definition) is 5. The van der Waals surface area contributed by atoms with Crippen LogP contribution in [0.3, 0.4) is 0 Å². The van der Waals surface area contributed by atoms with Gasteiger partial charge in [-0.1, -0.05) is 77.2 Å². The molecule has 6 atom stereocenters. The van der Waals surface area contributed by atoms with E-state index < -0.39 is 12.1 Å². The smallest absolute Gasteiger partial charge is 0.228 e. The largest absolute Gasteiger partial charge is 0.356 e. The van der Waals surface area contributed by atoms with Gasteiger partial charge in [0.2, 0.25) is 5.91 Å². The number of carbonyl (C=O) groups is 1. The summed E-state index contributed by atoms with van der Waals surface area (Å²) in [4.78, 5) is 21.9. The first kappa shape index (κ1) is 46.0. The van der Waals surface area contributed by atoms with Crippen LogP contribution in [0.2, 0.25) is 0 Å². The highest BCUT2D eigenvalue weighted by atomic mass is 19.1. The molecule has 3 aliphatic rings. The number of allylic oxidation sites excluding steroid dienone is 3. The van der Waals surface area contributed by atoms with E-state index in [1.807, 2.05) is 35.5 Å². The van der Waals surface area contributed by atoms with E-state index in [-0.39, 0.29) is 11.9 Å². The van der Waals surface area contributed by atoms with E-state index in [0.29, 0.717) is 6.54 Å². The number of piperidine rings is 1. The maximum Gasteiger partial charge on any atom is 0.228 e. The molecule has 3 fully saturated rings. The van der Waals surface area contributed by atoms with E-state index in [9.17, 15) is 9.18 Å². The van der Waals surface area contributed by atoms with Crippen molar-refractivity contribution in [1.29, 1.82) is 0 Å². The van der Waals surface area contributed by atoms with Crippen LogP contribution < -0.4 is 10.6 Å². The Hall–Kier alpha value is -3.00. The molecule has 0 radical (unpaired) electrons. The van der Waals surface area contributed by atoms with Gasteiger partial charge in [-0.3, -0.25) is 4.79 Å². The highest BCUT2D eigenvalue weighted by Crippen LogP contribution is 2.36. The normalized spacial score (nSPS) is 21.5. The number of amides is 1. The third-order valence-electron chi connectivity index (χ3n) is 10.4. The number of hydrogen-bond donors (Lipinski definition) is 1. The molecular weight excluding hydrogens is 636 g/mol. The van der Waals surface area contributed by atoms with Gasteiger partial charge in [-0.25, -0.2) is 13.9 Å². The number of anilines is 1. The molecule has 2 aromatic heterocycles. The maximum atomic E-state index is 13.8. The lowest BCUT2D eigenvalue weighted by molar-refractivity contribution is -0.140. The number of fused-ring (bicyclic) bond motifs is 1. The molecule has 8 heteroatoms. The quantitative estimate of drug-likeness (QED) is 0.262. The number of nitrogens with two attached hydrogens (primary N) is 1. The lowest BCUT2D eigenvalue weighted by Gasteiger charge is -2.36. The second-order valence-electron chi connectivity index (χ2n) is 14.8. The van der Waals surface area contributed by atoms with E-state index in [0.717, 1.165) is 72.8 Å². The molecule has 5 rings (SSSR count). The predicted octanol–water partition coefficient (Wildman–Crippen LogP) is 10.8. The van der Waals surface area contributed by atoms with E-state index in [2.05, 4.69) is 58.1 Å². The molecule has 7 nitrogen and oxygen atoms in total. The van der Waals surface area contributed by atoms with Crippen molar-refractivity contribution >= 4 is 17.4 Å². The lowest BCUT2D eigenvalue weighted by atomic mass is 9.75. The van der Waals surface area contributed by atoms with Gasteiger partial charge in [-0.15, -0.1) is 13.2 Å². The van der Waals surface area contributed by atoms with Crippen LogP contribution in [0, 0.1) is 30.6 Å². The summed E-state index contributed by atoms with van der Waals surface area (Å²) in [5.41, 5.74) is 8.65. The van der Waals surface area contributed by atoms with Crippen molar-refractivity contribution in [2.45, 2.75) is 145 Å². The molecule has 2 aliphatic heterocycles. The molecule has 290 valence electrons. The Morgan fingerprint density at radius 1 is 1.00 bits per heavy atom. The fraction of sp³-hybridized carbons (Fsp3) is 0.698. The van der Waals surface area contributed by atoms with Crippen molar-refractivity contribution in [3.63, 3.8) is 0 Å². The first-order chi connectivity index (χ1) is 24.4. The molecular formula is C43H75FN6O. The van der Waals surface area contributed by atoms with Crippen molar-refractivity contribution in [3.8, 4) is 0 Å². The Balaban J connectivity index is 0.000000476. The van der Waals surface area contributed by atoms with Gasteiger partial charge < -0.3 is 15.5 Å². The molecule has 2 aromatic rings. The zero-order valence-electron chi connectivity index (χ0n) is 34.1. The minimum absolute atomic E-state index is 0.0975. The van der Waals surface area contributed by atoms with Gasteiger partial charge in [-0.05, 0) is 104 Å². The summed E-state index contributed by atoms with van der Waals surface area (Å²) in [6, 6.07) is 1.90. The van der Waals surface area contributed by atoms with Gasteiger partial charge >= 0.3 is 0 Å². The Morgan fingerprint density at radius 3 is 2.16 bits per heavy atom. The number of aryl methyl sites for hydroxylation is 1. The number of halogens is 1. The fourth-order valence-electron chi connectivity index (χ4n) is 7.38. The van der Waals surface area contributed by atoms with Crippen molar-refractivity contribution in [1.82, 2.24) is 19.5 Å². The summed E-state index contributed by atoms with van der Waals surface area (Å²) in [6.07, 6.45) is 19.8. The molecule has 1 amide bonds. The van der Waals surface area contributed by atoms with E-state index in [1.165, 1.54) is 77.3 Å². The van der Waals surface area contributed by atoms with Crippen molar-refractivity contribution < 1.29 is 9.18 Å². The van der Waals surface area contributed by atoms with Crippen LogP contribution in [0.5, 0.6) is 0 Å². The van der Waals surface area contributed by atoms with Crippen LogP contribution in [-0.2, 0) is 4.79 Å². The van der Waals surface area contributed by atoms with Crippen LogP contribution in [0.1, 0.15) is 143 Å². The molecule has 0 bridgehead atoms. The standard InChI is InChI=1S/C21H30FN5O.C15H28.2C3H6.CH5N/c1-14-13-27-19(23-20(14)25-9-6-7-10-25)12-17(24-27)18-8-4-5-11-26(18)21(28)15(2)16(3)22;1-5-7-14-8-6-9-15(11-14)10-13(4)12(2)3;2*1-3-2;1-2/h12-13,15-16,18H,4-11H2,1-3H3;13-15H,2,5-11H2,1,3-4H3;2*3H,1H2,2H3;2H2,1H3. The highest BCUT2D eigenvalue weighted by Gasteiger charge is 2.34. The SMILES string of the molecule is C=C(C)C(C)CC1CCCC(CCC)C1.C=CC.C=CC.CN.Cc1cn2nc(C3CCCCN3C(=O)C(C)C(C)F)cc2nc1N1CCCC1. The van der Waals surface area contributed by atoms with Gasteiger partial charge in [0.15, 0.2) is 5.65 Å². The molecule has 1 aliphatic carbocycles. The third kappa shape index (κ3) is 14.9. The summed E-state index contributed by atoms with van der Waals surface area (Å²) in [6.45, 7) is 29.4. The summed E-state index contributed by atoms with van der Waals surface area (Å²) < 4.78 is 15.6. The number of likely N-dealkylation sites (tertiary alicyclic amines) is 1. The summed E-state index contributed by atoms with van der Waals surface area (Å²) in [7, 11) is 1.50. The van der Waals surface area contributed by atoms with Crippen LogP contribution in [-0.4, -0.2) is 58.3 Å². The minimum Gasteiger partial charge on any atom is -0.356 e. The zero-order valence-corrected chi connectivity index (χ0v) is 34.1. The van der Waals surface area contributed by atoms with E-state index >= 15 is 0 Å². The average Bonchev–Trinajstić information content (AvgIpc) is 3.80. The molecule has 6 unspecified atom stereocenters. The Labute approximate surface area is 312 Å². The second-order valence-corrected chi connectivity index (χ2v) is 14.8.